The normalized spacial score (nSPS) is 17.1. The highest BCUT2D eigenvalue weighted by molar-refractivity contribution is 7.88. The van der Waals surface area contributed by atoms with Crippen molar-refractivity contribution in [3.05, 3.63) is 17.7 Å². The number of amides is 1. The number of carboxylic acid groups (broad SMARTS) is 1. The predicted molar refractivity (Wildman–Crippen MR) is 94.4 cm³/mol. The second-order valence-electron chi connectivity index (χ2n) is 6.55. The molecule has 1 amide bonds. The fraction of sp³-hybridized carbons (Fsp3) is 0.667. The first-order valence-electron chi connectivity index (χ1n) is 8.17. The molecule has 1 N–H and O–H groups in total. The monoisotopic (exact) mass is 444 g/mol. The van der Waals surface area contributed by atoms with Gasteiger partial charge in [0.05, 0.1) is 31.4 Å². The lowest BCUT2D eigenvalue weighted by molar-refractivity contribution is -0.192. The number of carbonyl (C=O) groups is 2. The van der Waals surface area contributed by atoms with Crippen molar-refractivity contribution in [1.29, 1.82) is 0 Å². The predicted octanol–water partition coefficient (Wildman–Crippen LogP) is 0.0170. The molecule has 2 rings (SSSR count). The minimum Gasteiger partial charge on any atom is -0.475 e. The Labute approximate surface area is 165 Å². The van der Waals surface area contributed by atoms with Crippen LogP contribution in [-0.2, 0) is 37.9 Å². The Bertz CT molecular complexity index is 838. The smallest absolute Gasteiger partial charge is 0.475 e. The van der Waals surface area contributed by atoms with Gasteiger partial charge in [-0.2, -0.15) is 17.5 Å². The number of nitrogens with zero attached hydrogens (tertiary/aromatic N) is 4. The SMILES string of the molecule is CN(C)C(=O)COCC1CN(S(C)(=O)=O)Cc2ncn(C)c21.O=C(O)C(F)(F)F. The number of likely N-dealkylation sites (N-methyl/N-ethyl adjacent to an activating group) is 1. The van der Waals surface area contributed by atoms with Gasteiger partial charge >= 0.3 is 12.1 Å². The van der Waals surface area contributed by atoms with Crippen LogP contribution in [0.5, 0.6) is 0 Å². The first-order chi connectivity index (χ1) is 13.1. The molecule has 29 heavy (non-hydrogen) atoms. The molecule has 0 spiro atoms. The number of rotatable bonds is 5. The third kappa shape index (κ3) is 7.29. The van der Waals surface area contributed by atoms with E-state index in [1.807, 2.05) is 11.6 Å². The van der Waals surface area contributed by atoms with Gasteiger partial charge in [0, 0.05) is 39.3 Å². The van der Waals surface area contributed by atoms with E-state index in [0.717, 1.165) is 11.4 Å². The third-order valence-electron chi connectivity index (χ3n) is 3.95. The van der Waals surface area contributed by atoms with Gasteiger partial charge in [0.2, 0.25) is 15.9 Å². The number of alkyl halides is 3. The maximum absolute atomic E-state index is 11.8. The van der Waals surface area contributed by atoms with Crippen molar-refractivity contribution in [2.75, 3.05) is 40.1 Å². The van der Waals surface area contributed by atoms with Crippen LogP contribution < -0.4 is 0 Å². The first kappa shape index (κ1) is 24.8. The molecular formula is C15H23F3N4O6S. The second kappa shape index (κ2) is 9.54. The molecule has 0 aromatic carbocycles. The fourth-order valence-electron chi connectivity index (χ4n) is 2.50. The van der Waals surface area contributed by atoms with Crippen molar-refractivity contribution >= 4 is 21.9 Å². The molecule has 1 atom stereocenters. The average Bonchev–Trinajstić information content (AvgIpc) is 2.95. The standard InChI is InChI=1S/C13H22N4O4S.C2HF3O2/c1-15(2)12(18)8-21-7-10-5-17(22(4,19)20)6-11-13(10)16(3)9-14-11;3-2(4,5)1(6)7/h9-10H,5-8H2,1-4H3;(H,6,7). The van der Waals surface area contributed by atoms with Crippen molar-refractivity contribution in [2.45, 2.75) is 18.6 Å². The molecule has 0 aliphatic carbocycles. The van der Waals surface area contributed by atoms with Gasteiger partial charge in [0.25, 0.3) is 0 Å². The molecule has 1 aliphatic heterocycles. The molecule has 0 fully saturated rings. The molecule has 0 radical (unpaired) electrons. The topological polar surface area (TPSA) is 122 Å². The van der Waals surface area contributed by atoms with E-state index in [9.17, 15) is 26.4 Å². The van der Waals surface area contributed by atoms with E-state index < -0.39 is 22.2 Å². The zero-order chi connectivity index (χ0) is 22.6. The number of sulfonamides is 1. The minimum atomic E-state index is -5.08. The van der Waals surface area contributed by atoms with Crippen molar-refractivity contribution in [3.8, 4) is 0 Å². The number of aromatic nitrogens is 2. The molecular weight excluding hydrogens is 421 g/mol. The van der Waals surface area contributed by atoms with Crippen LogP contribution >= 0.6 is 0 Å². The highest BCUT2D eigenvalue weighted by Gasteiger charge is 2.38. The summed E-state index contributed by atoms with van der Waals surface area (Å²) >= 11 is 0. The molecule has 14 heteroatoms. The number of imidazole rings is 1. The number of carboxylic acids is 1. The number of aryl methyl sites for hydroxylation is 1. The van der Waals surface area contributed by atoms with E-state index in [4.69, 9.17) is 14.6 Å². The summed E-state index contributed by atoms with van der Waals surface area (Å²) in [6.45, 7) is 0.872. The largest absolute Gasteiger partial charge is 0.490 e. The quantitative estimate of drug-likeness (QED) is 0.679. The molecule has 0 saturated carbocycles. The number of fused-ring (bicyclic) bond motifs is 1. The summed E-state index contributed by atoms with van der Waals surface area (Å²) in [5, 5.41) is 7.12. The van der Waals surface area contributed by atoms with Gasteiger partial charge in [-0.25, -0.2) is 18.2 Å². The summed E-state index contributed by atoms with van der Waals surface area (Å²) < 4.78 is 64.1. The second-order valence-corrected chi connectivity index (χ2v) is 8.53. The van der Waals surface area contributed by atoms with Gasteiger partial charge in [-0.3, -0.25) is 4.79 Å². The van der Waals surface area contributed by atoms with E-state index in [2.05, 4.69) is 4.98 Å². The maximum atomic E-state index is 11.8. The maximum Gasteiger partial charge on any atom is 0.490 e. The number of aliphatic carboxylic acids is 1. The van der Waals surface area contributed by atoms with Gasteiger partial charge < -0.3 is 19.3 Å². The Kier molecular flexibility index (Phi) is 8.17. The highest BCUT2D eigenvalue weighted by Crippen LogP contribution is 2.28. The fourth-order valence-corrected chi connectivity index (χ4v) is 3.31. The summed E-state index contributed by atoms with van der Waals surface area (Å²) in [4.78, 5) is 26.2. The van der Waals surface area contributed by atoms with Gasteiger partial charge in [-0.1, -0.05) is 0 Å². The Balaban J connectivity index is 0.000000516. The molecule has 0 bridgehead atoms. The molecule has 166 valence electrons. The van der Waals surface area contributed by atoms with Crippen LogP contribution in [0.2, 0.25) is 0 Å². The molecule has 0 saturated heterocycles. The molecule has 1 aromatic rings. The van der Waals surface area contributed by atoms with E-state index in [-0.39, 0.29) is 31.6 Å². The van der Waals surface area contributed by atoms with Crippen LogP contribution in [0.15, 0.2) is 6.33 Å². The van der Waals surface area contributed by atoms with Crippen LogP contribution in [0.3, 0.4) is 0 Å². The van der Waals surface area contributed by atoms with E-state index in [1.54, 1.807) is 20.4 Å². The zero-order valence-corrected chi connectivity index (χ0v) is 17.1. The third-order valence-corrected chi connectivity index (χ3v) is 5.17. The lowest BCUT2D eigenvalue weighted by atomic mass is 10.0. The summed E-state index contributed by atoms with van der Waals surface area (Å²) in [7, 11) is 1.91. The summed E-state index contributed by atoms with van der Waals surface area (Å²) in [5.74, 6) is -3.02. The van der Waals surface area contributed by atoms with Gasteiger partial charge in [0.15, 0.2) is 0 Å². The van der Waals surface area contributed by atoms with Gasteiger partial charge in [-0.15, -0.1) is 0 Å². The lowest BCUT2D eigenvalue weighted by Gasteiger charge is -2.31. The van der Waals surface area contributed by atoms with E-state index >= 15 is 0 Å². The Morgan fingerprint density at radius 3 is 2.38 bits per heavy atom. The van der Waals surface area contributed by atoms with Crippen molar-refractivity contribution < 1.29 is 41.0 Å². The molecule has 1 aromatic heterocycles. The van der Waals surface area contributed by atoms with Gasteiger partial charge in [-0.05, 0) is 0 Å². The van der Waals surface area contributed by atoms with Crippen molar-refractivity contribution in [3.63, 3.8) is 0 Å². The number of ether oxygens (including phenoxy) is 1. The van der Waals surface area contributed by atoms with Crippen LogP contribution in [0, 0.1) is 0 Å². The number of hydrogen-bond donors (Lipinski definition) is 1. The highest BCUT2D eigenvalue weighted by atomic mass is 32.2. The van der Waals surface area contributed by atoms with Crippen molar-refractivity contribution in [2.24, 2.45) is 7.05 Å². The van der Waals surface area contributed by atoms with E-state index in [0.29, 0.717) is 6.54 Å². The molecule has 10 nitrogen and oxygen atoms in total. The molecule has 2 heterocycles. The number of hydrogen-bond acceptors (Lipinski definition) is 6. The van der Waals surface area contributed by atoms with Crippen LogP contribution in [-0.4, -0.2) is 90.4 Å². The van der Waals surface area contributed by atoms with E-state index in [1.165, 1.54) is 15.5 Å². The summed E-state index contributed by atoms with van der Waals surface area (Å²) in [5.41, 5.74) is 1.71. The number of halogens is 3. The average molecular weight is 444 g/mol. The Morgan fingerprint density at radius 1 is 1.38 bits per heavy atom. The first-order valence-corrected chi connectivity index (χ1v) is 10.0. The number of carbonyl (C=O) groups excluding carboxylic acids is 1. The Hall–Kier alpha value is -2.19. The summed E-state index contributed by atoms with van der Waals surface area (Å²) in [6.07, 6.45) is -2.22. The molecule has 1 unspecified atom stereocenters. The van der Waals surface area contributed by atoms with Crippen LogP contribution in [0.4, 0.5) is 13.2 Å². The zero-order valence-electron chi connectivity index (χ0n) is 16.3. The molecule has 1 aliphatic rings. The Morgan fingerprint density at radius 2 is 1.93 bits per heavy atom. The summed E-state index contributed by atoms with van der Waals surface area (Å²) in [6, 6.07) is 0. The van der Waals surface area contributed by atoms with Crippen molar-refractivity contribution in [1.82, 2.24) is 18.8 Å². The minimum absolute atomic E-state index is 0.0183. The lowest BCUT2D eigenvalue weighted by Crippen LogP contribution is -2.40. The van der Waals surface area contributed by atoms with Crippen LogP contribution in [0.25, 0.3) is 0 Å². The van der Waals surface area contributed by atoms with Gasteiger partial charge in [0.1, 0.15) is 6.61 Å². The van der Waals surface area contributed by atoms with Crippen LogP contribution in [0.1, 0.15) is 17.3 Å².